The highest BCUT2D eigenvalue weighted by Crippen LogP contribution is 2.09. The maximum absolute atomic E-state index is 11.2. The SMILES string of the molecule is CCNCc1ccc(OCCC(=O)NCC)cn1. The monoisotopic (exact) mass is 251 g/mol. The third-order valence-electron chi connectivity index (χ3n) is 2.33. The standard InChI is InChI=1S/C13H21N3O2/c1-3-14-9-11-5-6-12(10-16-11)18-8-7-13(17)15-4-2/h5-6,10,14H,3-4,7-9H2,1-2H3,(H,15,17). The Balaban J connectivity index is 2.28. The molecular formula is C13H21N3O2. The molecule has 0 aliphatic heterocycles. The van der Waals surface area contributed by atoms with E-state index in [0.717, 1.165) is 18.8 Å². The number of nitrogens with one attached hydrogen (secondary N) is 2. The fourth-order valence-electron chi connectivity index (χ4n) is 1.40. The van der Waals surface area contributed by atoms with Gasteiger partial charge in [-0.25, -0.2) is 0 Å². The number of pyridine rings is 1. The van der Waals surface area contributed by atoms with E-state index < -0.39 is 0 Å². The van der Waals surface area contributed by atoms with Crippen molar-refractivity contribution in [2.45, 2.75) is 26.8 Å². The van der Waals surface area contributed by atoms with Gasteiger partial charge in [-0.3, -0.25) is 9.78 Å². The van der Waals surface area contributed by atoms with Gasteiger partial charge in [-0.1, -0.05) is 6.92 Å². The molecule has 0 aliphatic rings. The van der Waals surface area contributed by atoms with E-state index in [1.54, 1.807) is 6.20 Å². The molecule has 2 N–H and O–H groups in total. The molecule has 18 heavy (non-hydrogen) atoms. The van der Waals surface area contributed by atoms with Crippen molar-refractivity contribution in [2.75, 3.05) is 19.7 Å². The van der Waals surface area contributed by atoms with Crippen LogP contribution in [0.2, 0.25) is 0 Å². The van der Waals surface area contributed by atoms with Crippen LogP contribution in [0.3, 0.4) is 0 Å². The Morgan fingerprint density at radius 1 is 1.33 bits per heavy atom. The molecule has 0 radical (unpaired) electrons. The fourth-order valence-corrected chi connectivity index (χ4v) is 1.40. The van der Waals surface area contributed by atoms with E-state index in [1.165, 1.54) is 0 Å². The van der Waals surface area contributed by atoms with Crippen LogP contribution in [0.25, 0.3) is 0 Å². The first-order chi connectivity index (χ1) is 8.76. The highest BCUT2D eigenvalue weighted by molar-refractivity contribution is 5.75. The van der Waals surface area contributed by atoms with E-state index in [1.807, 2.05) is 19.1 Å². The minimum Gasteiger partial charge on any atom is -0.491 e. The van der Waals surface area contributed by atoms with Gasteiger partial charge in [0.25, 0.3) is 0 Å². The van der Waals surface area contributed by atoms with Crippen LogP contribution in [-0.2, 0) is 11.3 Å². The van der Waals surface area contributed by atoms with Gasteiger partial charge >= 0.3 is 0 Å². The predicted molar refractivity (Wildman–Crippen MR) is 70.4 cm³/mol. The zero-order valence-corrected chi connectivity index (χ0v) is 11.0. The Morgan fingerprint density at radius 2 is 2.17 bits per heavy atom. The second kappa shape index (κ2) is 8.47. The molecular weight excluding hydrogens is 230 g/mol. The summed E-state index contributed by atoms with van der Waals surface area (Å²) in [6.45, 7) is 6.66. The number of carbonyl (C=O) groups is 1. The smallest absolute Gasteiger partial charge is 0.223 e. The van der Waals surface area contributed by atoms with Crippen LogP contribution in [0.4, 0.5) is 0 Å². The van der Waals surface area contributed by atoms with Crippen LogP contribution in [0, 0.1) is 0 Å². The quantitative estimate of drug-likeness (QED) is 0.726. The van der Waals surface area contributed by atoms with Gasteiger partial charge in [0, 0.05) is 13.1 Å². The van der Waals surface area contributed by atoms with Crippen LogP contribution in [0.15, 0.2) is 18.3 Å². The summed E-state index contributed by atoms with van der Waals surface area (Å²) < 4.78 is 5.44. The molecule has 1 amide bonds. The highest BCUT2D eigenvalue weighted by Gasteiger charge is 2.01. The molecule has 0 saturated heterocycles. The summed E-state index contributed by atoms with van der Waals surface area (Å²) in [6.07, 6.45) is 2.05. The van der Waals surface area contributed by atoms with Gasteiger partial charge in [0.2, 0.25) is 5.91 Å². The summed E-state index contributed by atoms with van der Waals surface area (Å²) in [4.78, 5) is 15.5. The molecule has 1 aromatic heterocycles. The van der Waals surface area contributed by atoms with E-state index in [4.69, 9.17) is 4.74 Å². The maximum atomic E-state index is 11.2. The molecule has 100 valence electrons. The lowest BCUT2D eigenvalue weighted by Gasteiger charge is -2.07. The Kier molecular flexibility index (Phi) is 6.79. The number of amides is 1. The van der Waals surface area contributed by atoms with Crippen molar-refractivity contribution in [1.29, 1.82) is 0 Å². The van der Waals surface area contributed by atoms with E-state index >= 15 is 0 Å². The summed E-state index contributed by atoms with van der Waals surface area (Å²) >= 11 is 0. The van der Waals surface area contributed by atoms with E-state index in [2.05, 4.69) is 22.5 Å². The van der Waals surface area contributed by atoms with Gasteiger partial charge < -0.3 is 15.4 Å². The number of rotatable bonds is 8. The predicted octanol–water partition coefficient (Wildman–Crippen LogP) is 1.10. The van der Waals surface area contributed by atoms with Gasteiger partial charge in [0.15, 0.2) is 0 Å². The van der Waals surface area contributed by atoms with Crippen molar-refractivity contribution in [2.24, 2.45) is 0 Å². The zero-order chi connectivity index (χ0) is 13.2. The molecule has 0 unspecified atom stereocenters. The molecule has 1 rings (SSSR count). The van der Waals surface area contributed by atoms with Crippen molar-refractivity contribution in [3.05, 3.63) is 24.0 Å². The molecule has 1 aromatic rings. The van der Waals surface area contributed by atoms with Crippen molar-refractivity contribution < 1.29 is 9.53 Å². The lowest BCUT2D eigenvalue weighted by Crippen LogP contribution is -2.24. The first kappa shape index (κ1) is 14.4. The molecule has 0 aliphatic carbocycles. The van der Waals surface area contributed by atoms with E-state index in [9.17, 15) is 4.79 Å². The Hall–Kier alpha value is -1.62. The second-order valence-corrected chi connectivity index (χ2v) is 3.82. The lowest BCUT2D eigenvalue weighted by molar-refractivity contribution is -0.121. The summed E-state index contributed by atoms with van der Waals surface area (Å²) in [5, 5.41) is 5.92. The van der Waals surface area contributed by atoms with Gasteiger partial charge in [0.1, 0.15) is 5.75 Å². The first-order valence-electron chi connectivity index (χ1n) is 6.31. The molecule has 1 heterocycles. The summed E-state index contributed by atoms with van der Waals surface area (Å²) in [5.74, 6) is 0.703. The van der Waals surface area contributed by atoms with Gasteiger partial charge in [-0.05, 0) is 25.6 Å². The fraction of sp³-hybridized carbons (Fsp3) is 0.538. The van der Waals surface area contributed by atoms with Crippen molar-refractivity contribution >= 4 is 5.91 Å². The number of ether oxygens (including phenoxy) is 1. The topological polar surface area (TPSA) is 63.2 Å². The number of aromatic nitrogens is 1. The largest absolute Gasteiger partial charge is 0.491 e. The van der Waals surface area contributed by atoms with E-state index in [0.29, 0.717) is 25.3 Å². The molecule has 5 heteroatoms. The molecule has 0 bridgehead atoms. The minimum atomic E-state index is 0.00854. The zero-order valence-electron chi connectivity index (χ0n) is 11.0. The normalized spacial score (nSPS) is 10.1. The van der Waals surface area contributed by atoms with Crippen molar-refractivity contribution in [3.63, 3.8) is 0 Å². The molecule has 0 atom stereocenters. The molecule has 0 spiro atoms. The third kappa shape index (κ3) is 5.63. The van der Waals surface area contributed by atoms with Crippen molar-refractivity contribution in [1.82, 2.24) is 15.6 Å². The number of hydrogen-bond acceptors (Lipinski definition) is 4. The van der Waals surface area contributed by atoms with Gasteiger partial charge in [0.05, 0.1) is 24.9 Å². The summed E-state index contributed by atoms with van der Waals surface area (Å²) in [6, 6.07) is 3.79. The van der Waals surface area contributed by atoms with Crippen LogP contribution in [-0.4, -0.2) is 30.6 Å². The van der Waals surface area contributed by atoms with Crippen LogP contribution >= 0.6 is 0 Å². The van der Waals surface area contributed by atoms with Crippen LogP contribution in [0.5, 0.6) is 5.75 Å². The summed E-state index contributed by atoms with van der Waals surface area (Å²) in [7, 11) is 0. The number of nitrogens with zero attached hydrogens (tertiary/aromatic N) is 1. The first-order valence-corrected chi connectivity index (χ1v) is 6.31. The molecule has 0 aromatic carbocycles. The summed E-state index contributed by atoms with van der Waals surface area (Å²) in [5.41, 5.74) is 0.980. The minimum absolute atomic E-state index is 0.00854. The number of hydrogen-bond donors (Lipinski definition) is 2. The lowest BCUT2D eigenvalue weighted by atomic mass is 10.3. The maximum Gasteiger partial charge on any atom is 0.223 e. The highest BCUT2D eigenvalue weighted by atomic mass is 16.5. The molecule has 0 fully saturated rings. The van der Waals surface area contributed by atoms with Crippen LogP contribution in [0.1, 0.15) is 26.0 Å². The van der Waals surface area contributed by atoms with Crippen LogP contribution < -0.4 is 15.4 Å². The van der Waals surface area contributed by atoms with E-state index in [-0.39, 0.29) is 5.91 Å². The number of carbonyl (C=O) groups excluding carboxylic acids is 1. The van der Waals surface area contributed by atoms with Crippen molar-refractivity contribution in [3.8, 4) is 5.75 Å². The van der Waals surface area contributed by atoms with Gasteiger partial charge in [-0.2, -0.15) is 0 Å². The Morgan fingerprint density at radius 3 is 2.78 bits per heavy atom. The average molecular weight is 251 g/mol. The average Bonchev–Trinajstić information content (AvgIpc) is 2.38. The van der Waals surface area contributed by atoms with Gasteiger partial charge in [-0.15, -0.1) is 0 Å². The molecule has 0 saturated carbocycles. The second-order valence-electron chi connectivity index (χ2n) is 3.82. The Bertz CT molecular complexity index is 352. The molecule has 5 nitrogen and oxygen atoms in total. The third-order valence-corrected chi connectivity index (χ3v) is 2.33. The Labute approximate surface area is 108 Å².